The Kier molecular flexibility index (Phi) is 12.7. The number of aliphatic imine (C=N–C) groups is 1. The first-order valence-corrected chi connectivity index (χ1v) is 19.5. The molecule has 2 aromatic rings. The van der Waals surface area contributed by atoms with Crippen molar-refractivity contribution < 1.29 is 14.7 Å². The first-order valence-electron chi connectivity index (χ1n) is 19.5. The number of hydrogen-bond acceptors (Lipinski definition) is 5. The number of phenolic OH excluding ortho intramolecular Hbond substituents is 1. The highest BCUT2D eigenvalue weighted by molar-refractivity contribution is 5.95. The minimum Gasteiger partial charge on any atom is -0.508 e. The fourth-order valence-electron chi connectivity index (χ4n) is 8.83. The van der Waals surface area contributed by atoms with Gasteiger partial charge in [-0.1, -0.05) is 90.3 Å². The highest BCUT2D eigenvalue weighted by atomic mass is 16.3. The Balaban J connectivity index is 1.19. The quantitative estimate of drug-likeness (QED) is 0.0798. The van der Waals surface area contributed by atoms with E-state index in [0.717, 1.165) is 95.2 Å². The topological polar surface area (TPSA) is 120 Å². The van der Waals surface area contributed by atoms with E-state index in [9.17, 15) is 14.7 Å². The summed E-state index contributed by atoms with van der Waals surface area (Å²) in [6.07, 6.45) is 10.4. The van der Waals surface area contributed by atoms with E-state index in [1.54, 1.807) is 0 Å². The van der Waals surface area contributed by atoms with Crippen LogP contribution in [0.15, 0.2) is 53.5 Å². The van der Waals surface area contributed by atoms with Crippen LogP contribution in [0.25, 0.3) is 0 Å². The number of nitrogens with one attached hydrogen (secondary N) is 2. The van der Waals surface area contributed by atoms with Gasteiger partial charge in [0.25, 0.3) is 0 Å². The molecule has 0 spiro atoms. The van der Waals surface area contributed by atoms with Crippen LogP contribution in [0.4, 0.5) is 0 Å². The van der Waals surface area contributed by atoms with Crippen LogP contribution < -0.4 is 16.4 Å². The fourth-order valence-corrected chi connectivity index (χ4v) is 8.83. The number of aromatic hydroxyl groups is 1. The molecule has 1 heterocycles. The highest BCUT2D eigenvalue weighted by Crippen LogP contribution is 2.57. The van der Waals surface area contributed by atoms with Crippen molar-refractivity contribution in [1.82, 2.24) is 15.5 Å². The van der Waals surface area contributed by atoms with Gasteiger partial charge >= 0.3 is 0 Å². The molecule has 0 radical (unpaired) electrons. The molecule has 3 aliphatic rings. The van der Waals surface area contributed by atoms with Gasteiger partial charge in [0.1, 0.15) is 11.8 Å². The number of hydrogen-bond donors (Lipinski definition) is 4. The molecule has 2 bridgehead atoms. The van der Waals surface area contributed by atoms with Gasteiger partial charge in [-0.15, -0.1) is 0 Å². The van der Waals surface area contributed by atoms with E-state index in [4.69, 9.17) is 5.73 Å². The number of piperidine rings is 1. The van der Waals surface area contributed by atoms with Crippen LogP contribution in [0.5, 0.6) is 5.75 Å². The van der Waals surface area contributed by atoms with Crippen molar-refractivity contribution in [3.8, 4) is 5.75 Å². The second-order valence-corrected chi connectivity index (χ2v) is 16.1. The summed E-state index contributed by atoms with van der Waals surface area (Å²) in [6, 6.07) is 15.9. The Morgan fingerprint density at radius 1 is 1.08 bits per heavy atom. The molecule has 5 rings (SSSR count). The predicted molar refractivity (Wildman–Crippen MR) is 203 cm³/mol. The van der Waals surface area contributed by atoms with E-state index in [1.165, 1.54) is 11.1 Å². The minimum absolute atomic E-state index is 0.0207. The van der Waals surface area contributed by atoms with Gasteiger partial charge in [-0.3, -0.25) is 19.5 Å². The number of fused-ring (bicyclic) bond motifs is 4. The second kappa shape index (κ2) is 16.8. The van der Waals surface area contributed by atoms with Crippen LogP contribution >= 0.6 is 0 Å². The number of rotatable bonds is 18. The molecule has 8 nitrogen and oxygen atoms in total. The van der Waals surface area contributed by atoms with E-state index in [0.29, 0.717) is 30.7 Å². The number of amides is 2. The number of nitrogens with two attached hydrogens (primary N) is 1. The molecule has 1 saturated carbocycles. The summed E-state index contributed by atoms with van der Waals surface area (Å²) in [5.74, 6) is 1.88. The average molecular weight is 686 g/mol. The lowest BCUT2D eigenvalue weighted by Gasteiger charge is -2.55. The Labute approximate surface area is 301 Å². The summed E-state index contributed by atoms with van der Waals surface area (Å²) >= 11 is 0. The lowest BCUT2D eigenvalue weighted by Crippen LogP contribution is -2.58. The van der Waals surface area contributed by atoms with Crippen molar-refractivity contribution in [1.29, 1.82) is 0 Å². The zero-order valence-corrected chi connectivity index (χ0v) is 31.3. The molecule has 8 heteroatoms. The first-order chi connectivity index (χ1) is 24.0. The molecule has 2 amide bonds. The third-order valence-electron chi connectivity index (χ3n) is 12.2. The standard InChI is InChI=1S/C42H63N5O3/c1-6-7-17-38(43)44-21-13-8-9-14-22-45-39(49)36(24-29(2)3)46-40(50)42(32-15-11-10-12-16-32)27-33(42)28-47-23-20-41(5)30(4)37(47)25-31-18-19-34(48)26-35(31)41/h10-12,15-16,18-19,26,29-30,33,36-37,48H,6-9,13-14,17,20-25,27-28H2,1-5H3,(H2,43,44)(H,45,49)(H,46,50)/t30-,33-,36+,37-,41-,42+/m1/s1. The molecule has 2 aromatic carbocycles. The van der Waals surface area contributed by atoms with Crippen LogP contribution in [0.1, 0.15) is 116 Å². The zero-order valence-electron chi connectivity index (χ0n) is 31.3. The van der Waals surface area contributed by atoms with Crippen molar-refractivity contribution in [3.63, 3.8) is 0 Å². The number of amidine groups is 1. The van der Waals surface area contributed by atoms with Crippen molar-refractivity contribution in [3.05, 3.63) is 65.2 Å². The van der Waals surface area contributed by atoms with Crippen LogP contribution in [0.3, 0.4) is 0 Å². The molecule has 1 aliphatic heterocycles. The van der Waals surface area contributed by atoms with E-state index in [2.05, 4.69) is 73.3 Å². The number of unbranched alkanes of at least 4 members (excludes halogenated alkanes) is 4. The van der Waals surface area contributed by atoms with E-state index < -0.39 is 11.5 Å². The Bertz CT molecular complexity index is 1480. The number of carbonyl (C=O) groups is 2. The number of nitrogens with zero attached hydrogens (tertiary/aromatic N) is 2. The first kappa shape index (κ1) is 37.9. The van der Waals surface area contributed by atoms with Gasteiger partial charge in [-0.2, -0.15) is 0 Å². The summed E-state index contributed by atoms with van der Waals surface area (Å²) in [4.78, 5) is 35.1. The molecule has 2 aliphatic carbocycles. The van der Waals surface area contributed by atoms with Gasteiger partial charge in [0.05, 0.1) is 11.3 Å². The van der Waals surface area contributed by atoms with Gasteiger partial charge in [0.15, 0.2) is 0 Å². The molecule has 1 saturated heterocycles. The van der Waals surface area contributed by atoms with Crippen molar-refractivity contribution in [2.45, 2.75) is 128 Å². The lowest BCUT2D eigenvalue weighted by molar-refractivity contribution is -0.131. The van der Waals surface area contributed by atoms with Gasteiger partial charge in [0.2, 0.25) is 11.8 Å². The monoisotopic (exact) mass is 685 g/mol. The number of carbonyl (C=O) groups excluding carboxylic acids is 2. The zero-order chi connectivity index (χ0) is 35.9. The summed E-state index contributed by atoms with van der Waals surface area (Å²) < 4.78 is 0. The number of benzene rings is 2. The normalized spacial score (nSPS) is 26.7. The SMILES string of the molecule is CCCCC(N)=NCCCCCCNC(=O)[C@H](CC(C)C)NC(=O)[C@]1(c2ccccc2)C[C@@H]1CN1CC[C@@]2(C)c3cc(O)ccc3C[C@@H]1[C@H]2C. The smallest absolute Gasteiger partial charge is 0.242 e. The molecule has 274 valence electrons. The maximum absolute atomic E-state index is 14.4. The fraction of sp³-hybridized carbons (Fsp3) is 0.643. The van der Waals surface area contributed by atoms with Gasteiger partial charge in [-0.25, -0.2) is 0 Å². The molecule has 2 fully saturated rings. The highest BCUT2D eigenvalue weighted by Gasteiger charge is 2.62. The van der Waals surface area contributed by atoms with Crippen LogP contribution in [0, 0.1) is 17.8 Å². The summed E-state index contributed by atoms with van der Waals surface area (Å²) in [7, 11) is 0. The Hall–Kier alpha value is -3.39. The lowest BCUT2D eigenvalue weighted by atomic mass is 9.59. The third kappa shape index (κ3) is 8.55. The van der Waals surface area contributed by atoms with Crippen LogP contribution in [0.2, 0.25) is 0 Å². The molecule has 5 N–H and O–H groups in total. The van der Waals surface area contributed by atoms with Gasteiger partial charge in [-0.05, 0) is 103 Å². The summed E-state index contributed by atoms with van der Waals surface area (Å²) in [5, 5.41) is 16.7. The van der Waals surface area contributed by atoms with Gasteiger partial charge in [0, 0.05) is 32.1 Å². The second-order valence-electron chi connectivity index (χ2n) is 16.1. The van der Waals surface area contributed by atoms with E-state index in [-0.39, 0.29) is 29.1 Å². The molecule has 0 aromatic heterocycles. The van der Waals surface area contributed by atoms with Crippen LogP contribution in [-0.2, 0) is 26.8 Å². The number of likely N-dealkylation sites (tertiary alicyclic amines) is 1. The maximum Gasteiger partial charge on any atom is 0.242 e. The number of phenols is 1. The average Bonchev–Trinajstić information content (AvgIpc) is 3.83. The summed E-state index contributed by atoms with van der Waals surface area (Å²) in [6.45, 7) is 14.3. The van der Waals surface area contributed by atoms with E-state index >= 15 is 0 Å². The minimum atomic E-state index is -0.637. The molecule has 6 atom stereocenters. The maximum atomic E-state index is 14.4. The molecular weight excluding hydrogens is 622 g/mol. The van der Waals surface area contributed by atoms with Crippen LogP contribution in [-0.4, -0.2) is 65.9 Å². The largest absolute Gasteiger partial charge is 0.508 e. The molecule has 0 unspecified atom stereocenters. The Morgan fingerprint density at radius 2 is 1.84 bits per heavy atom. The van der Waals surface area contributed by atoms with Crippen molar-refractivity contribution >= 4 is 17.6 Å². The van der Waals surface area contributed by atoms with Crippen molar-refractivity contribution in [2.75, 3.05) is 26.2 Å². The summed E-state index contributed by atoms with van der Waals surface area (Å²) in [5.41, 5.74) is 9.04. The van der Waals surface area contributed by atoms with E-state index in [1.807, 2.05) is 30.3 Å². The van der Waals surface area contributed by atoms with Gasteiger partial charge < -0.3 is 21.5 Å². The Morgan fingerprint density at radius 3 is 2.58 bits per heavy atom. The third-order valence-corrected chi connectivity index (χ3v) is 12.2. The predicted octanol–water partition coefficient (Wildman–Crippen LogP) is 6.63. The van der Waals surface area contributed by atoms with Crippen molar-refractivity contribution in [2.24, 2.45) is 28.5 Å². The molecule has 50 heavy (non-hydrogen) atoms. The molecular formula is C42H63N5O3.